The summed E-state index contributed by atoms with van der Waals surface area (Å²) in [4.78, 5) is 21.0. The molecule has 0 amide bonds. The second-order valence-electron chi connectivity index (χ2n) is 9.54. The highest BCUT2D eigenvalue weighted by Gasteiger charge is 2.22. The smallest absolute Gasteiger partial charge is 0.340 e. The van der Waals surface area contributed by atoms with Crippen LogP contribution in [0.4, 0.5) is 22.7 Å². The SMILES string of the molecule is COC(=O)c1ccncc1NC[C@@H]1CCCc2cc(N(C)c3ccc(N4CCCC4)cc3)ccc21. The Bertz CT molecular complexity index is 1170. The number of rotatable bonds is 7. The Morgan fingerprint density at radius 1 is 1.09 bits per heavy atom. The Labute approximate surface area is 207 Å². The van der Waals surface area contributed by atoms with Gasteiger partial charge < -0.3 is 19.9 Å². The first-order chi connectivity index (χ1) is 17.1. The predicted octanol–water partition coefficient (Wildman–Crippen LogP) is 5.77. The molecule has 1 fully saturated rings. The van der Waals surface area contributed by atoms with E-state index in [0.29, 0.717) is 11.5 Å². The number of ether oxygens (including phenoxy) is 1. The maximum absolute atomic E-state index is 12.1. The molecule has 0 radical (unpaired) electrons. The zero-order chi connectivity index (χ0) is 24.2. The van der Waals surface area contributed by atoms with Crippen molar-refractivity contribution in [2.24, 2.45) is 0 Å². The topological polar surface area (TPSA) is 57.7 Å². The summed E-state index contributed by atoms with van der Waals surface area (Å²) in [6.07, 6.45) is 9.29. The zero-order valence-electron chi connectivity index (χ0n) is 20.7. The molecule has 2 aliphatic rings. The van der Waals surface area contributed by atoms with Crippen LogP contribution < -0.4 is 15.1 Å². The van der Waals surface area contributed by atoms with E-state index < -0.39 is 0 Å². The Morgan fingerprint density at radius 3 is 2.63 bits per heavy atom. The molecule has 6 nitrogen and oxygen atoms in total. The normalized spacial score (nSPS) is 17.1. The number of aromatic nitrogens is 1. The van der Waals surface area contributed by atoms with Gasteiger partial charge in [-0.25, -0.2) is 4.79 Å². The van der Waals surface area contributed by atoms with Crippen molar-refractivity contribution in [1.82, 2.24) is 4.98 Å². The molecule has 5 rings (SSSR count). The van der Waals surface area contributed by atoms with Crippen molar-refractivity contribution in [3.8, 4) is 0 Å². The average Bonchev–Trinajstić information content (AvgIpc) is 3.46. The van der Waals surface area contributed by atoms with Crippen molar-refractivity contribution >= 4 is 28.7 Å². The van der Waals surface area contributed by atoms with Crippen molar-refractivity contribution in [1.29, 1.82) is 0 Å². The Kier molecular flexibility index (Phi) is 6.89. The molecular weight excluding hydrogens is 436 g/mol. The number of nitrogens with one attached hydrogen (secondary N) is 1. The van der Waals surface area contributed by atoms with E-state index >= 15 is 0 Å². The highest BCUT2D eigenvalue weighted by Crippen LogP contribution is 2.36. The van der Waals surface area contributed by atoms with Crippen molar-refractivity contribution in [2.75, 3.05) is 48.9 Å². The fourth-order valence-corrected chi connectivity index (χ4v) is 5.39. The monoisotopic (exact) mass is 470 g/mol. The fraction of sp³-hybridized carbons (Fsp3) is 0.379. The lowest BCUT2D eigenvalue weighted by molar-refractivity contribution is 0.0601. The number of fused-ring (bicyclic) bond motifs is 1. The van der Waals surface area contributed by atoms with E-state index in [-0.39, 0.29) is 5.97 Å². The molecule has 0 saturated carbocycles. The summed E-state index contributed by atoms with van der Waals surface area (Å²) < 4.78 is 4.92. The average molecular weight is 471 g/mol. The van der Waals surface area contributed by atoms with Crippen LogP contribution in [0.1, 0.15) is 53.1 Å². The van der Waals surface area contributed by atoms with Gasteiger partial charge in [-0.15, -0.1) is 0 Å². The summed E-state index contributed by atoms with van der Waals surface area (Å²) in [7, 11) is 3.55. The summed E-state index contributed by atoms with van der Waals surface area (Å²) in [6, 6.07) is 17.5. The Hall–Kier alpha value is -3.54. The molecule has 6 heteroatoms. The lowest BCUT2D eigenvalue weighted by Gasteiger charge is -2.29. The quantitative estimate of drug-likeness (QED) is 0.443. The van der Waals surface area contributed by atoms with E-state index in [9.17, 15) is 4.79 Å². The second kappa shape index (κ2) is 10.4. The van der Waals surface area contributed by atoms with Crippen LogP contribution >= 0.6 is 0 Å². The third-order valence-electron chi connectivity index (χ3n) is 7.43. The van der Waals surface area contributed by atoms with Gasteiger partial charge in [0.15, 0.2) is 0 Å². The molecule has 0 unspecified atom stereocenters. The number of hydrogen-bond donors (Lipinski definition) is 1. The molecule has 182 valence electrons. The second-order valence-corrected chi connectivity index (χ2v) is 9.54. The van der Waals surface area contributed by atoms with E-state index in [4.69, 9.17) is 4.74 Å². The molecule has 0 bridgehead atoms. The molecule has 1 aromatic heterocycles. The predicted molar refractivity (Wildman–Crippen MR) is 142 cm³/mol. The first kappa shape index (κ1) is 23.2. The van der Waals surface area contributed by atoms with Gasteiger partial charge in [0.1, 0.15) is 0 Å². The molecule has 0 spiro atoms. The summed E-state index contributed by atoms with van der Waals surface area (Å²) in [5.74, 6) is 0.0450. The molecule has 35 heavy (non-hydrogen) atoms. The van der Waals surface area contributed by atoms with Crippen molar-refractivity contribution in [3.63, 3.8) is 0 Å². The largest absolute Gasteiger partial charge is 0.465 e. The molecule has 1 aliphatic carbocycles. The summed E-state index contributed by atoms with van der Waals surface area (Å²) in [5.41, 5.74) is 7.80. The van der Waals surface area contributed by atoms with Gasteiger partial charge in [0.05, 0.1) is 24.6 Å². The zero-order valence-corrected chi connectivity index (χ0v) is 20.7. The van der Waals surface area contributed by atoms with E-state index in [0.717, 1.165) is 31.5 Å². The number of benzene rings is 2. The minimum atomic E-state index is -0.347. The van der Waals surface area contributed by atoms with Crippen LogP contribution in [0.25, 0.3) is 0 Å². The van der Waals surface area contributed by atoms with Crippen LogP contribution in [0.15, 0.2) is 60.9 Å². The summed E-state index contributed by atoms with van der Waals surface area (Å²) >= 11 is 0. The first-order valence-electron chi connectivity index (χ1n) is 12.6. The van der Waals surface area contributed by atoms with Crippen LogP contribution in [0.2, 0.25) is 0 Å². The molecule has 1 atom stereocenters. The van der Waals surface area contributed by atoms with Crippen LogP contribution in [-0.4, -0.2) is 44.7 Å². The number of carbonyl (C=O) groups excluding carboxylic acids is 1. The van der Waals surface area contributed by atoms with Crippen molar-refractivity contribution < 1.29 is 9.53 Å². The van der Waals surface area contributed by atoms with E-state index in [1.807, 2.05) is 0 Å². The molecule has 2 heterocycles. The maximum Gasteiger partial charge on any atom is 0.340 e. The number of aryl methyl sites for hydroxylation is 1. The van der Waals surface area contributed by atoms with Gasteiger partial charge in [-0.2, -0.15) is 0 Å². The van der Waals surface area contributed by atoms with Gasteiger partial charge >= 0.3 is 5.97 Å². The standard InChI is InChI=1S/C29H34N4O2/c1-32(23-8-10-24(11-9-23)33-16-3-4-17-33)25-12-13-26-21(18-25)6-5-7-22(26)19-31-28-20-30-15-14-27(28)29(34)35-2/h8-15,18,20,22,31H,3-7,16-17,19H2,1-2H3/t22-/m0/s1. The molecule has 1 aliphatic heterocycles. The molecule has 2 aromatic carbocycles. The van der Waals surface area contributed by atoms with Gasteiger partial charge in [0.2, 0.25) is 0 Å². The highest BCUT2D eigenvalue weighted by molar-refractivity contribution is 5.95. The van der Waals surface area contributed by atoms with Crippen molar-refractivity contribution in [2.45, 2.75) is 38.0 Å². The number of methoxy groups -OCH3 is 1. The maximum atomic E-state index is 12.1. The number of hydrogen-bond acceptors (Lipinski definition) is 6. The lowest BCUT2D eigenvalue weighted by Crippen LogP contribution is -2.20. The molecule has 3 aromatic rings. The van der Waals surface area contributed by atoms with E-state index in [1.165, 1.54) is 61.2 Å². The Balaban J connectivity index is 1.29. The van der Waals surface area contributed by atoms with Gasteiger partial charge in [-0.3, -0.25) is 4.98 Å². The highest BCUT2D eigenvalue weighted by atomic mass is 16.5. The number of pyridine rings is 1. The van der Waals surface area contributed by atoms with Gasteiger partial charge in [-0.05, 0) is 85.7 Å². The fourth-order valence-electron chi connectivity index (χ4n) is 5.39. The number of nitrogens with zero attached hydrogens (tertiary/aromatic N) is 3. The minimum absolute atomic E-state index is 0.347. The molecular formula is C29H34N4O2. The third kappa shape index (κ3) is 4.97. The number of carbonyl (C=O) groups is 1. The lowest BCUT2D eigenvalue weighted by atomic mass is 9.82. The first-order valence-corrected chi connectivity index (χ1v) is 12.6. The molecule has 1 saturated heterocycles. The Morgan fingerprint density at radius 2 is 1.86 bits per heavy atom. The van der Waals surface area contributed by atoms with E-state index in [1.54, 1.807) is 18.5 Å². The van der Waals surface area contributed by atoms with Crippen LogP contribution in [-0.2, 0) is 11.2 Å². The summed E-state index contributed by atoms with van der Waals surface area (Å²) in [6.45, 7) is 3.09. The number of anilines is 4. The van der Waals surface area contributed by atoms with Crippen LogP contribution in [0, 0.1) is 0 Å². The third-order valence-corrected chi connectivity index (χ3v) is 7.43. The summed E-state index contributed by atoms with van der Waals surface area (Å²) in [5, 5.41) is 3.45. The minimum Gasteiger partial charge on any atom is -0.465 e. The molecule has 1 N–H and O–H groups in total. The van der Waals surface area contributed by atoms with E-state index in [2.05, 4.69) is 69.6 Å². The van der Waals surface area contributed by atoms with Gasteiger partial charge in [-0.1, -0.05) is 6.07 Å². The van der Waals surface area contributed by atoms with Crippen LogP contribution in [0.5, 0.6) is 0 Å². The van der Waals surface area contributed by atoms with Gasteiger partial charge in [0, 0.05) is 55.9 Å². The van der Waals surface area contributed by atoms with Gasteiger partial charge in [0.25, 0.3) is 0 Å². The van der Waals surface area contributed by atoms with Crippen LogP contribution in [0.3, 0.4) is 0 Å². The number of esters is 1. The van der Waals surface area contributed by atoms with Crippen molar-refractivity contribution in [3.05, 3.63) is 77.6 Å².